The molecule has 0 unspecified atom stereocenters. The van der Waals surface area contributed by atoms with Gasteiger partial charge in [0.25, 0.3) is 5.91 Å². The van der Waals surface area contributed by atoms with E-state index in [-0.39, 0.29) is 12.5 Å². The molecule has 0 fully saturated rings. The van der Waals surface area contributed by atoms with Gasteiger partial charge in [0.2, 0.25) is 0 Å². The Bertz CT molecular complexity index is 1130. The smallest absolute Gasteiger partial charge is 0.271 e. The van der Waals surface area contributed by atoms with E-state index < -0.39 is 0 Å². The van der Waals surface area contributed by atoms with Crippen molar-refractivity contribution in [3.8, 4) is 11.5 Å². The van der Waals surface area contributed by atoms with Crippen molar-refractivity contribution >= 4 is 67.2 Å². The molecule has 3 aromatic rings. The molecule has 172 valence electrons. The fraction of sp³-hybridized carbons (Fsp3) is 0.167. The minimum atomic E-state index is -0.314. The van der Waals surface area contributed by atoms with Crippen LogP contribution in [0.3, 0.4) is 0 Å². The molecule has 0 saturated heterocycles. The summed E-state index contributed by atoms with van der Waals surface area (Å²) in [6, 6.07) is 15.8. The summed E-state index contributed by atoms with van der Waals surface area (Å²) < 4.78 is 12.9. The Kier molecular flexibility index (Phi) is 9.62. The Balaban J connectivity index is 1.60. The van der Waals surface area contributed by atoms with Gasteiger partial charge in [0.05, 0.1) is 21.8 Å². The SMILES string of the molecule is CCCOc1ccc(C(=O)N/N=C/c2cc(Br)c(OCc3ccc(Cl)cc3Cl)c(Br)c2)cc1. The van der Waals surface area contributed by atoms with Crippen molar-refractivity contribution in [3.63, 3.8) is 0 Å². The molecule has 0 aromatic heterocycles. The van der Waals surface area contributed by atoms with E-state index in [0.717, 1.165) is 32.2 Å². The number of rotatable bonds is 9. The van der Waals surface area contributed by atoms with Gasteiger partial charge in [-0.05, 0) is 92.4 Å². The van der Waals surface area contributed by atoms with Crippen LogP contribution in [0.1, 0.15) is 34.8 Å². The second kappa shape index (κ2) is 12.4. The van der Waals surface area contributed by atoms with Crippen LogP contribution in [-0.2, 0) is 6.61 Å². The molecule has 0 aliphatic heterocycles. The van der Waals surface area contributed by atoms with E-state index in [1.165, 1.54) is 0 Å². The van der Waals surface area contributed by atoms with Crippen molar-refractivity contribution in [2.75, 3.05) is 6.61 Å². The number of benzene rings is 3. The zero-order valence-corrected chi connectivity index (χ0v) is 22.3. The summed E-state index contributed by atoms with van der Waals surface area (Å²) in [4.78, 5) is 12.3. The number of carbonyl (C=O) groups is 1. The van der Waals surface area contributed by atoms with Crippen molar-refractivity contribution in [2.24, 2.45) is 5.10 Å². The number of amides is 1. The zero-order valence-electron chi connectivity index (χ0n) is 17.6. The summed E-state index contributed by atoms with van der Waals surface area (Å²) in [6.45, 7) is 2.95. The van der Waals surface area contributed by atoms with Crippen molar-refractivity contribution in [1.82, 2.24) is 5.43 Å². The van der Waals surface area contributed by atoms with Gasteiger partial charge < -0.3 is 9.47 Å². The van der Waals surface area contributed by atoms with Crippen molar-refractivity contribution < 1.29 is 14.3 Å². The summed E-state index contributed by atoms with van der Waals surface area (Å²) >= 11 is 19.2. The molecule has 3 aromatic carbocycles. The fourth-order valence-corrected chi connectivity index (χ4v) is 4.65. The molecule has 5 nitrogen and oxygen atoms in total. The lowest BCUT2D eigenvalue weighted by molar-refractivity contribution is 0.0955. The third-order valence-electron chi connectivity index (χ3n) is 4.38. The van der Waals surface area contributed by atoms with Crippen LogP contribution >= 0.6 is 55.1 Å². The van der Waals surface area contributed by atoms with Crippen LogP contribution in [-0.4, -0.2) is 18.7 Å². The molecule has 1 amide bonds. The molecular formula is C24H20Br2Cl2N2O3. The number of ether oxygens (including phenoxy) is 2. The molecule has 0 atom stereocenters. The first-order valence-corrected chi connectivity index (χ1v) is 12.3. The van der Waals surface area contributed by atoms with Crippen LogP contribution in [0.25, 0.3) is 0 Å². The first-order chi connectivity index (χ1) is 15.9. The topological polar surface area (TPSA) is 59.9 Å². The summed E-state index contributed by atoms with van der Waals surface area (Å²) in [7, 11) is 0. The van der Waals surface area contributed by atoms with E-state index in [0.29, 0.717) is 28.0 Å². The maximum Gasteiger partial charge on any atom is 0.271 e. The van der Waals surface area contributed by atoms with Gasteiger partial charge in [-0.3, -0.25) is 4.79 Å². The van der Waals surface area contributed by atoms with Gasteiger partial charge in [0.1, 0.15) is 18.1 Å². The Morgan fingerprint density at radius 2 is 1.73 bits per heavy atom. The quantitative estimate of drug-likeness (QED) is 0.199. The molecule has 9 heteroatoms. The van der Waals surface area contributed by atoms with Gasteiger partial charge in [-0.25, -0.2) is 5.43 Å². The van der Waals surface area contributed by atoms with Crippen LogP contribution in [0.2, 0.25) is 10.0 Å². The summed E-state index contributed by atoms with van der Waals surface area (Å²) in [6.07, 6.45) is 2.47. The predicted molar refractivity (Wildman–Crippen MR) is 140 cm³/mol. The highest BCUT2D eigenvalue weighted by Crippen LogP contribution is 2.35. The lowest BCUT2D eigenvalue weighted by Gasteiger charge is -2.12. The Morgan fingerprint density at radius 1 is 1.03 bits per heavy atom. The Labute approximate surface area is 219 Å². The fourth-order valence-electron chi connectivity index (χ4n) is 2.73. The van der Waals surface area contributed by atoms with Crippen LogP contribution in [0.5, 0.6) is 11.5 Å². The van der Waals surface area contributed by atoms with Crippen LogP contribution in [0, 0.1) is 0 Å². The molecule has 33 heavy (non-hydrogen) atoms. The van der Waals surface area contributed by atoms with Gasteiger partial charge >= 0.3 is 0 Å². The molecule has 0 saturated carbocycles. The molecule has 0 spiro atoms. The second-order valence-corrected chi connectivity index (χ2v) is 9.46. The van der Waals surface area contributed by atoms with Gasteiger partial charge in [-0.15, -0.1) is 0 Å². The third kappa shape index (κ3) is 7.47. The normalized spacial score (nSPS) is 10.9. The van der Waals surface area contributed by atoms with Crippen molar-refractivity contribution in [2.45, 2.75) is 20.0 Å². The number of nitrogens with zero attached hydrogens (tertiary/aromatic N) is 1. The second-order valence-electron chi connectivity index (χ2n) is 6.91. The highest BCUT2D eigenvalue weighted by molar-refractivity contribution is 9.11. The highest BCUT2D eigenvalue weighted by Gasteiger charge is 2.11. The maximum atomic E-state index is 12.3. The molecule has 0 heterocycles. The summed E-state index contributed by atoms with van der Waals surface area (Å²) in [5, 5.41) is 5.16. The summed E-state index contributed by atoms with van der Waals surface area (Å²) in [5.41, 5.74) is 4.59. The number of nitrogens with one attached hydrogen (secondary N) is 1. The van der Waals surface area contributed by atoms with E-state index in [1.54, 1.807) is 42.6 Å². The standard InChI is InChI=1S/C24H20Br2Cl2N2O3/c1-2-9-32-19-7-4-16(5-8-19)24(31)30-29-13-15-10-20(25)23(21(26)11-15)33-14-17-3-6-18(27)12-22(17)28/h3-8,10-13H,2,9,14H2,1H3,(H,30,31)/b29-13+. The van der Waals surface area contributed by atoms with Crippen LogP contribution in [0.4, 0.5) is 0 Å². The number of hydrazone groups is 1. The first kappa shape index (κ1) is 25.6. The monoisotopic (exact) mass is 612 g/mol. The average Bonchev–Trinajstić information content (AvgIpc) is 2.78. The minimum absolute atomic E-state index is 0.277. The molecule has 0 bridgehead atoms. The van der Waals surface area contributed by atoms with E-state index >= 15 is 0 Å². The number of hydrogen-bond acceptors (Lipinski definition) is 4. The van der Waals surface area contributed by atoms with Crippen LogP contribution < -0.4 is 14.9 Å². The Morgan fingerprint density at radius 3 is 2.36 bits per heavy atom. The van der Waals surface area contributed by atoms with Gasteiger partial charge in [-0.1, -0.05) is 36.2 Å². The predicted octanol–water partition coefficient (Wildman–Crippen LogP) is 7.65. The number of halogens is 4. The first-order valence-electron chi connectivity index (χ1n) is 9.99. The average molecular weight is 615 g/mol. The Hall–Kier alpha value is -2.06. The lowest BCUT2D eigenvalue weighted by atomic mass is 10.2. The number of carbonyl (C=O) groups excluding carboxylic acids is 1. The molecule has 1 N–H and O–H groups in total. The van der Waals surface area contributed by atoms with E-state index in [4.69, 9.17) is 32.7 Å². The van der Waals surface area contributed by atoms with Crippen molar-refractivity contribution in [3.05, 3.63) is 90.3 Å². The van der Waals surface area contributed by atoms with Gasteiger partial charge in [-0.2, -0.15) is 5.10 Å². The molecule has 0 aliphatic rings. The maximum absolute atomic E-state index is 12.3. The lowest BCUT2D eigenvalue weighted by Crippen LogP contribution is -2.17. The zero-order chi connectivity index (χ0) is 23.8. The molecule has 0 radical (unpaired) electrons. The van der Waals surface area contributed by atoms with Gasteiger partial charge in [0.15, 0.2) is 0 Å². The largest absolute Gasteiger partial charge is 0.494 e. The van der Waals surface area contributed by atoms with Crippen molar-refractivity contribution in [1.29, 1.82) is 0 Å². The van der Waals surface area contributed by atoms with E-state index in [9.17, 15) is 4.79 Å². The highest BCUT2D eigenvalue weighted by atomic mass is 79.9. The van der Waals surface area contributed by atoms with Gasteiger partial charge in [0, 0.05) is 21.2 Å². The van der Waals surface area contributed by atoms with E-state index in [2.05, 4.69) is 42.4 Å². The molecule has 0 aliphatic carbocycles. The van der Waals surface area contributed by atoms with E-state index in [1.807, 2.05) is 25.1 Å². The third-order valence-corrected chi connectivity index (χ3v) is 6.14. The minimum Gasteiger partial charge on any atom is -0.494 e. The number of hydrogen-bond donors (Lipinski definition) is 1. The van der Waals surface area contributed by atoms with Crippen LogP contribution in [0.15, 0.2) is 68.6 Å². The molecular weight excluding hydrogens is 595 g/mol. The summed E-state index contributed by atoms with van der Waals surface area (Å²) in [5.74, 6) is 1.03. The molecule has 3 rings (SSSR count).